The van der Waals surface area contributed by atoms with Crippen LogP contribution in [-0.4, -0.2) is 25.2 Å². The van der Waals surface area contributed by atoms with Gasteiger partial charge < -0.3 is 10.2 Å². The fourth-order valence-electron chi connectivity index (χ4n) is 2.78. The lowest BCUT2D eigenvalue weighted by Gasteiger charge is -2.40. The second-order valence-corrected chi connectivity index (χ2v) is 7.08. The van der Waals surface area contributed by atoms with Crippen molar-refractivity contribution < 1.29 is 0 Å². The van der Waals surface area contributed by atoms with Gasteiger partial charge in [0.2, 0.25) is 0 Å². The largest absolute Gasteiger partial charge is 0.368 e. The molecule has 2 nitrogen and oxygen atoms in total. The summed E-state index contributed by atoms with van der Waals surface area (Å²) >= 11 is 7.19. The molecule has 2 unspecified atom stereocenters. The number of halogens is 2. The minimum absolute atomic E-state index is 0.584. The summed E-state index contributed by atoms with van der Waals surface area (Å²) in [5.74, 6) is 0. The molecule has 0 amide bonds. The maximum Gasteiger partial charge on any atom is 0.0513 e. The van der Waals surface area contributed by atoms with Crippen molar-refractivity contribution in [2.75, 3.05) is 18.0 Å². The van der Waals surface area contributed by atoms with Gasteiger partial charge in [-0.15, -0.1) is 0 Å². The van der Waals surface area contributed by atoms with Crippen LogP contribution in [-0.2, 0) is 0 Å². The highest BCUT2D eigenvalue weighted by Crippen LogP contribution is 2.33. The molecule has 1 aliphatic heterocycles. The summed E-state index contributed by atoms with van der Waals surface area (Å²) in [5.41, 5.74) is 1.31. The van der Waals surface area contributed by atoms with Crippen LogP contribution in [0.4, 0.5) is 5.69 Å². The molecule has 1 aromatic rings. The lowest BCUT2D eigenvalue weighted by molar-refractivity contribution is 0.368. The lowest BCUT2D eigenvalue weighted by Crippen LogP contribution is -2.47. The minimum atomic E-state index is 0.584. The van der Waals surface area contributed by atoms with E-state index in [1.807, 2.05) is 0 Å². The zero-order valence-electron chi connectivity index (χ0n) is 11.6. The summed E-state index contributed by atoms with van der Waals surface area (Å²) in [7, 11) is 0. The van der Waals surface area contributed by atoms with Crippen LogP contribution in [0.5, 0.6) is 0 Å². The van der Waals surface area contributed by atoms with E-state index in [9.17, 15) is 0 Å². The summed E-state index contributed by atoms with van der Waals surface area (Å²) in [4.78, 5) is 2.51. The van der Waals surface area contributed by atoms with Crippen molar-refractivity contribution in [3.05, 3.63) is 27.1 Å². The van der Waals surface area contributed by atoms with Gasteiger partial charge in [0, 0.05) is 27.6 Å². The van der Waals surface area contributed by atoms with E-state index in [1.54, 1.807) is 0 Å². The van der Waals surface area contributed by atoms with Gasteiger partial charge in [-0.05, 0) is 66.9 Å². The molecule has 1 fully saturated rings. The van der Waals surface area contributed by atoms with E-state index in [1.165, 1.54) is 29.4 Å². The Morgan fingerprint density at radius 2 is 2.16 bits per heavy atom. The molecule has 19 heavy (non-hydrogen) atoms. The second kappa shape index (κ2) is 7.09. The molecule has 1 heterocycles. The normalized spacial score (nSPS) is 23.7. The monoisotopic (exact) mass is 388 g/mol. The average molecular weight is 390 g/mol. The Kier molecular flexibility index (Phi) is 5.72. The van der Waals surface area contributed by atoms with Crippen molar-refractivity contribution in [1.29, 1.82) is 0 Å². The number of anilines is 1. The van der Waals surface area contributed by atoms with Crippen LogP contribution in [0.25, 0.3) is 0 Å². The molecule has 0 saturated carbocycles. The molecule has 1 saturated heterocycles. The quantitative estimate of drug-likeness (QED) is 0.811. The molecule has 1 aromatic carbocycles. The molecular weight excluding hydrogens is 368 g/mol. The molecule has 4 heteroatoms. The van der Waals surface area contributed by atoms with Crippen molar-refractivity contribution in [3.63, 3.8) is 0 Å². The highest BCUT2D eigenvalue weighted by atomic mass is 79.9. The third-order valence-electron chi connectivity index (χ3n) is 3.78. The maximum absolute atomic E-state index is 3.68. The van der Waals surface area contributed by atoms with Gasteiger partial charge in [-0.3, -0.25) is 0 Å². The number of hydrogen-bond acceptors (Lipinski definition) is 2. The van der Waals surface area contributed by atoms with Gasteiger partial charge >= 0.3 is 0 Å². The van der Waals surface area contributed by atoms with E-state index in [0.29, 0.717) is 12.1 Å². The molecule has 2 atom stereocenters. The number of nitrogens with one attached hydrogen (secondary N) is 1. The summed E-state index contributed by atoms with van der Waals surface area (Å²) in [6.45, 7) is 6.82. The zero-order valence-corrected chi connectivity index (χ0v) is 14.8. The standard InChI is InChI=1S/C15H22Br2N2/c1-3-7-18-13-6-8-19(11(2)9-13)15-5-4-12(16)10-14(15)17/h4-5,10-11,13,18H,3,6-9H2,1-2H3. The summed E-state index contributed by atoms with van der Waals surface area (Å²) in [5, 5.41) is 3.65. The molecule has 1 aliphatic rings. The third-order valence-corrected chi connectivity index (χ3v) is 4.91. The smallest absolute Gasteiger partial charge is 0.0513 e. The first-order valence-corrected chi connectivity index (χ1v) is 8.65. The van der Waals surface area contributed by atoms with Gasteiger partial charge in [-0.25, -0.2) is 0 Å². The Labute approximate surface area is 133 Å². The van der Waals surface area contributed by atoms with Crippen LogP contribution in [0.3, 0.4) is 0 Å². The van der Waals surface area contributed by atoms with Crippen molar-refractivity contribution in [2.45, 2.75) is 45.2 Å². The number of rotatable bonds is 4. The predicted octanol–water partition coefficient (Wildman–Crippen LogP) is 4.57. The first kappa shape index (κ1) is 15.3. The SMILES string of the molecule is CCCNC1CCN(c2ccc(Br)cc2Br)C(C)C1. The Bertz CT molecular complexity index is 423. The van der Waals surface area contributed by atoms with Crippen LogP contribution in [0.2, 0.25) is 0 Å². The molecule has 0 bridgehead atoms. The van der Waals surface area contributed by atoms with Gasteiger partial charge in [-0.1, -0.05) is 22.9 Å². The molecule has 0 radical (unpaired) electrons. The molecule has 0 spiro atoms. The Hall–Kier alpha value is -0.0600. The molecule has 0 aromatic heterocycles. The highest BCUT2D eigenvalue weighted by molar-refractivity contribution is 9.11. The van der Waals surface area contributed by atoms with E-state index < -0.39 is 0 Å². The topological polar surface area (TPSA) is 15.3 Å². The van der Waals surface area contributed by atoms with E-state index in [0.717, 1.165) is 17.6 Å². The van der Waals surface area contributed by atoms with E-state index in [4.69, 9.17) is 0 Å². The van der Waals surface area contributed by atoms with Gasteiger partial charge in [0.25, 0.3) is 0 Å². The maximum atomic E-state index is 3.68. The first-order chi connectivity index (χ1) is 9.11. The molecule has 2 rings (SSSR count). The first-order valence-electron chi connectivity index (χ1n) is 7.07. The van der Waals surface area contributed by atoms with Gasteiger partial charge in [0.15, 0.2) is 0 Å². The molecule has 106 valence electrons. The summed E-state index contributed by atoms with van der Waals surface area (Å²) in [6, 6.07) is 7.71. The number of piperidine rings is 1. The van der Waals surface area contributed by atoms with Crippen molar-refractivity contribution >= 4 is 37.5 Å². The van der Waals surface area contributed by atoms with Gasteiger partial charge in [-0.2, -0.15) is 0 Å². The van der Waals surface area contributed by atoms with Gasteiger partial charge in [0.05, 0.1) is 5.69 Å². The number of hydrogen-bond donors (Lipinski definition) is 1. The van der Waals surface area contributed by atoms with Crippen molar-refractivity contribution in [2.24, 2.45) is 0 Å². The fraction of sp³-hybridized carbons (Fsp3) is 0.600. The van der Waals surface area contributed by atoms with Crippen LogP contribution < -0.4 is 10.2 Å². The second-order valence-electron chi connectivity index (χ2n) is 5.31. The van der Waals surface area contributed by atoms with Crippen LogP contribution >= 0.6 is 31.9 Å². The lowest BCUT2D eigenvalue weighted by atomic mass is 9.97. The number of nitrogens with zero attached hydrogens (tertiary/aromatic N) is 1. The predicted molar refractivity (Wildman–Crippen MR) is 90.0 cm³/mol. The van der Waals surface area contributed by atoms with Gasteiger partial charge in [0.1, 0.15) is 0 Å². The summed E-state index contributed by atoms with van der Waals surface area (Å²) in [6.07, 6.45) is 3.67. The van der Waals surface area contributed by atoms with Crippen LogP contribution in [0.1, 0.15) is 33.1 Å². The fourth-order valence-corrected chi connectivity index (χ4v) is 4.05. The van der Waals surface area contributed by atoms with E-state index in [-0.39, 0.29) is 0 Å². The molecule has 0 aliphatic carbocycles. The third kappa shape index (κ3) is 3.96. The average Bonchev–Trinajstić information content (AvgIpc) is 2.37. The van der Waals surface area contributed by atoms with Crippen molar-refractivity contribution in [3.8, 4) is 0 Å². The Morgan fingerprint density at radius 3 is 2.79 bits per heavy atom. The number of benzene rings is 1. The molecular formula is C15H22Br2N2. The molecule has 1 N–H and O–H groups in total. The highest BCUT2D eigenvalue weighted by Gasteiger charge is 2.26. The summed E-state index contributed by atoms with van der Waals surface area (Å²) < 4.78 is 2.30. The minimum Gasteiger partial charge on any atom is -0.368 e. The van der Waals surface area contributed by atoms with Crippen LogP contribution in [0.15, 0.2) is 27.1 Å². The Balaban J connectivity index is 2.03. The van der Waals surface area contributed by atoms with E-state index in [2.05, 4.69) is 74.1 Å². The van der Waals surface area contributed by atoms with Crippen LogP contribution in [0, 0.1) is 0 Å². The van der Waals surface area contributed by atoms with E-state index >= 15 is 0 Å². The zero-order chi connectivity index (χ0) is 13.8. The Morgan fingerprint density at radius 1 is 1.37 bits per heavy atom. The van der Waals surface area contributed by atoms with Crippen molar-refractivity contribution in [1.82, 2.24) is 5.32 Å².